The third-order valence-electron chi connectivity index (χ3n) is 5.37. The number of carbonyl (C=O) groups excluding carboxylic acids is 1. The Balaban J connectivity index is 1.52. The van der Waals surface area contributed by atoms with Crippen molar-refractivity contribution in [3.63, 3.8) is 0 Å². The zero-order valence-corrected chi connectivity index (χ0v) is 15.2. The molecule has 1 atom stereocenters. The van der Waals surface area contributed by atoms with Crippen LogP contribution in [-0.2, 0) is 6.42 Å². The van der Waals surface area contributed by atoms with Crippen LogP contribution in [0.4, 0.5) is 4.39 Å². The van der Waals surface area contributed by atoms with Crippen molar-refractivity contribution in [3.05, 3.63) is 71.0 Å². The van der Waals surface area contributed by atoms with Crippen LogP contribution in [0.15, 0.2) is 48.5 Å². The maximum Gasteiger partial charge on any atom is 0.254 e. The van der Waals surface area contributed by atoms with E-state index < -0.39 is 0 Å². The molecule has 1 amide bonds. The summed E-state index contributed by atoms with van der Waals surface area (Å²) >= 11 is 0. The molecule has 1 aliphatic heterocycles. The molecule has 0 aliphatic carbocycles. The molecule has 1 saturated heterocycles. The average Bonchev–Trinajstić information content (AvgIpc) is 2.68. The molecule has 1 fully saturated rings. The van der Waals surface area contributed by atoms with Crippen LogP contribution in [0.1, 0.15) is 40.7 Å². The van der Waals surface area contributed by atoms with E-state index in [-0.39, 0.29) is 23.7 Å². The number of piperidine rings is 1. The molecule has 0 spiro atoms. The lowest BCUT2D eigenvalue weighted by Crippen LogP contribution is -2.41. The third kappa shape index (κ3) is 4.50. The van der Waals surface area contributed by atoms with Crippen molar-refractivity contribution in [2.24, 2.45) is 5.92 Å². The van der Waals surface area contributed by atoms with E-state index in [2.05, 4.69) is 12.1 Å². The van der Waals surface area contributed by atoms with Crippen molar-refractivity contribution in [1.82, 2.24) is 4.90 Å². The van der Waals surface area contributed by atoms with Gasteiger partial charge in [0.05, 0.1) is 6.10 Å². The summed E-state index contributed by atoms with van der Waals surface area (Å²) in [7, 11) is 0. The Morgan fingerprint density at radius 1 is 1.19 bits per heavy atom. The largest absolute Gasteiger partial charge is 0.393 e. The minimum atomic E-state index is -0.384. The first-order valence-corrected chi connectivity index (χ1v) is 9.32. The topological polar surface area (TPSA) is 40.5 Å². The molecule has 3 nitrogen and oxygen atoms in total. The van der Waals surface area contributed by atoms with Gasteiger partial charge in [-0.15, -0.1) is 0 Å². The molecule has 0 bridgehead atoms. The summed E-state index contributed by atoms with van der Waals surface area (Å²) in [5.41, 5.74) is 2.47. The van der Waals surface area contributed by atoms with Gasteiger partial charge in [0, 0.05) is 18.7 Å². The van der Waals surface area contributed by atoms with Crippen LogP contribution in [0.5, 0.6) is 0 Å². The Morgan fingerprint density at radius 2 is 1.88 bits per heavy atom. The predicted molar refractivity (Wildman–Crippen MR) is 101 cm³/mol. The Hall–Kier alpha value is -2.20. The van der Waals surface area contributed by atoms with E-state index in [1.54, 1.807) is 11.0 Å². The van der Waals surface area contributed by atoms with Crippen LogP contribution < -0.4 is 0 Å². The molecule has 1 heterocycles. The maximum absolute atomic E-state index is 13.5. The summed E-state index contributed by atoms with van der Waals surface area (Å²) in [6, 6.07) is 14.5. The van der Waals surface area contributed by atoms with Crippen molar-refractivity contribution in [3.8, 4) is 0 Å². The van der Waals surface area contributed by atoms with E-state index in [4.69, 9.17) is 0 Å². The fourth-order valence-electron chi connectivity index (χ4n) is 3.68. The molecule has 1 aliphatic rings. The lowest BCUT2D eigenvalue weighted by Gasteiger charge is -2.34. The summed E-state index contributed by atoms with van der Waals surface area (Å²) in [6.45, 7) is 3.05. The van der Waals surface area contributed by atoms with E-state index >= 15 is 0 Å². The maximum atomic E-state index is 13.5. The van der Waals surface area contributed by atoms with E-state index in [9.17, 15) is 14.3 Å². The molecule has 0 unspecified atom stereocenters. The highest BCUT2D eigenvalue weighted by Gasteiger charge is 2.28. The smallest absolute Gasteiger partial charge is 0.254 e. The lowest BCUT2D eigenvalue weighted by molar-refractivity contribution is 0.0436. The number of benzene rings is 2. The van der Waals surface area contributed by atoms with Crippen LogP contribution in [0.2, 0.25) is 0 Å². The highest BCUT2D eigenvalue weighted by molar-refractivity contribution is 5.95. The number of halogens is 1. The molecular weight excluding hydrogens is 329 g/mol. The van der Waals surface area contributed by atoms with Crippen LogP contribution in [-0.4, -0.2) is 35.1 Å². The van der Waals surface area contributed by atoms with Gasteiger partial charge in [-0.1, -0.05) is 36.4 Å². The number of likely N-dealkylation sites (tertiary alicyclic amines) is 1. The molecule has 2 aromatic carbocycles. The Labute approximate surface area is 154 Å². The van der Waals surface area contributed by atoms with Gasteiger partial charge in [0.2, 0.25) is 0 Å². The lowest BCUT2D eigenvalue weighted by atomic mass is 9.88. The van der Waals surface area contributed by atoms with Crippen LogP contribution in [0.25, 0.3) is 0 Å². The second-order valence-electron chi connectivity index (χ2n) is 7.18. The molecular formula is C22H26FNO2. The molecule has 1 N–H and O–H groups in total. The van der Waals surface area contributed by atoms with Gasteiger partial charge in [-0.05, 0) is 61.8 Å². The summed E-state index contributed by atoms with van der Waals surface area (Å²) in [5, 5.41) is 10.5. The van der Waals surface area contributed by atoms with Crippen LogP contribution in [0, 0.1) is 18.7 Å². The zero-order chi connectivity index (χ0) is 18.5. The summed E-state index contributed by atoms with van der Waals surface area (Å²) in [6.07, 6.45) is 2.84. The standard InChI is InChI=1S/C22H26FNO2/c1-16-7-9-19(23)15-20(16)22(26)24-13-11-18(12-14-24)21(25)10-8-17-5-3-2-4-6-17/h2-7,9,15,18,21,25H,8,10-14H2,1H3/t21-/m1/s1. The molecule has 26 heavy (non-hydrogen) atoms. The fraction of sp³-hybridized carbons (Fsp3) is 0.409. The van der Waals surface area contributed by atoms with Crippen molar-refractivity contribution in [2.75, 3.05) is 13.1 Å². The number of nitrogens with zero attached hydrogens (tertiary/aromatic N) is 1. The molecule has 138 valence electrons. The zero-order valence-electron chi connectivity index (χ0n) is 15.2. The summed E-state index contributed by atoms with van der Waals surface area (Å²) in [4.78, 5) is 14.4. The third-order valence-corrected chi connectivity index (χ3v) is 5.37. The highest BCUT2D eigenvalue weighted by atomic mass is 19.1. The van der Waals surface area contributed by atoms with Gasteiger partial charge in [0.15, 0.2) is 0 Å². The normalized spacial score (nSPS) is 16.5. The van der Waals surface area contributed by atoms with Gasteiger partial charge >= 0.3 is 0 Å². The number of hydrogen-bond acceptors (Lipinski definition) is 2. The van der Waals surface area contributed by atoms with Gasteiger partial charge in [0.1, 0.15) is 5.82 Å². The summed E-state index contributed by atoms with van der Waals surface area (Å²) in [5.74, 6) is -0.277. The molecule has 2 aromatic rings. The molecule has 0 radical (unpaired) electrons. The fourth-order valence-corrected chi connectivity index (χ4v) is 3.68. The van der Waals surface area contributed by atoms with Crippen molar-refractivity contribution in [1.29, 1.82) is 0 Å². The minimum absolute atomic E-state index is 0.112. The van der Waals surface area contributed by atoms with E-state index in [0.29, 0.717) is 18.7 Å². The number of hydrogen-bond donors (Lipinski definition) is 1. The average molecular weight is 355 g/mol. The number of amides is 1. The second-order valence-corrected chi connectivity index (χ2v) is 7.18. The van der Waals surface area contributed by atoms with Gasteiger partial charge in [-0.3, -0.25) is 4.79 Å². The molecule has 4 heteroatoms. The number of aliphatic hydroxyl groups is 1. The Bertz CT molecular complexity index is 739. The van der Waals surface area contributed by atoms with Gasteiger partial charge < -0.3 is 10.0 Å². The van der Waals surface area contributed by atoms with E-state index in [1.165, 1.54) is 17.7 Å². The second kappa shape index (κ2) is 8.45. The Morgan fingerprint density at radius 3 is 2.58 bits per heavy atom. The molecule has 3 rings (SSSR count). The summed E-state index contributed by atoms with van der Waals surface area (Å²) < 4.78 is 13.5. The Kier molecular flexibility index (Phi) is 6.04. The number of carbonyl (C=O) groups is 1. The molecule has 0 saturated carbocycles. The van der Waals surface area contributed by atoms with Crippen molar-refractivity contribution < 1.29 is 14.3 Å². The van der Waals surface area contributed by atoms with Gasteiger partial charge in [-0.25, -0.2) is 4.39 Å². The van der Waals surface area contributed by atoms with E-state index in [0.717, 1.165) is 31.2 Å². The monoisotopic (exact) mass is 355 g/mol. The highest BCUT2D eigenvalue weighted by Crippen LogP contribution is 2.25. The van der Waals surface area contributed by atoms with Crippen LogP contribution >= 0.6 is 0 Å². The van der Waals surface area contributed by atoms with Gasteiger partial charge in [-0.2, -0.15) is 0 Å². The molecule has 0 aromatic heterocycles. The first kappa shape index (κ1) is 18.6. The van der Waals surface area contributed by atoms with E-state index in [1.807, 2.05) is 25.1 Å². The SMILES string of the molecule is Cc1ccc(F)cc1C(=O)N1CCC([C@H](O)CCc2ccccc2)CC1. The minimum Gasteiger partial charge on any atom is -0.393 e. The van der Waals surface area contributed by atoms with Gasteiger partial charge in [0.25, 0.3) is 5.91 Å². The quantitative estimate of drug-likeness (QED) is 0.881. The van der Waals surface area contributed by atoms with Crippen LogP contribution in [0.3, 0.4) is 0 Å². The first-order valence-electron chi connectivity index (χ1n) is 9.32. The number of rotatable bonds is 5. The first-order chi connectivity index (χ1) is 12.5. The predicted octanol–water partition coefficient (Wildman–Crippen LogP) is 3.98. The number of aryl methyl sites for hydroxylation is 2. The number of aliphatic hydroxyl groups excluding tert-OH is 1. The van der Waals surface area contributed by atoms with Crippen molar-refractivity contribution in [2.45, 2.75) is 38.7 Å². The van der Waals surface area contributed by atoms with Crippen molar-refractivity contribution >= 4 is 5.91 Å².